The van der Waals surface area contributed by atoms with Crippen molar-refractivity contribution in [3.8, 4) is 0 Å². The van der Waals surface area contributed by atoms with Crippen LogP contribution in [0.25, 0.3) is 11.1 Å². The molecule has 2 heterocycles. The van der Waals surface area contributed by atoms with E-state index >= 15 is 0 Å². The summed E-state index contributed by atoms with van der Waals surface area (Å²) in [6, 6.07) is 15.2. The van der Waals surface area contributed by atoms with Crippen molar-refractivity contribution in [2.45, 2.75) is 19.5 Å². The maximum atomic E-state index is 12.8. The minimum absolute atomic E-state index is 0.0651. The van der Waals surface area contributed by atoms with Crippen LogP contribution in [0.3, 0.4) is 0 Å². The summed E-state index contributed by atoms with van der Waals surface area (Å²) >= 11 is 1.52. The average molecular weight is 423 g/mol. The number of carbonyl (C=O) groups excluding carboxylic acids is 1. The molecule has 8 nitrogen and oxygen atoms in total. The number of oxazole rings is 1. The number of hydrogen-bond donors (Lipinski definition) is 1. The molecule has 4 rings (SSSR count). The molecule has 1 amide bonds. The molecule has 0 bridgehead atoms. The van der Waals surface area contributed by atoms with Crippen LogP contribution in [-0.4, -0.2) is 15.4 Å². The van der Waals surface area contributed by atoms with Crippen LogP contribution in [0.1, 0.15) is 22.0 Å². The Morgan fingerprint density at radius 2 is 2.00 bits per heavy atom. The fourth-order valence-corrected chi connectivity index (χ4v) is 4.00. The first-order chi connectivity index (χ1) is 14.4. The number of non-ortho nitro benzene ring substituents is 1. The summed E-state index contributed by atoms with van der Waals surface area (Å²) in [7, 11) is 0. The molecule has 1 atom stereocenters. The van der Waals surface area contributed by atoms with Crippen molar-refractivity contribution in [1.29, 1.82) is 0 Å². The summed E-state index contributed by atoms with van der Waals surface area (Å²) in [5.74, 6) is -1.12. The molecule has 0 fully saturated rings. The number of nitro groups is 1. The number of thiophene rings is 1. The van der Waals surface area contributed by atoms with E-state index in [-0.39, 0.29) is 29.8 Å². The number of fused-ring (bicyclic) bond motifs is 1. The second-order valence-electron chi connectivity index (χ2n) is 6.79. The minimum Gasteiger partial charge on any atom is -0.407 e. The molecule has 30 heavy (non-hydrogen) atoms. The summed E-state index contributed by atoms with van der Waals surface area (Å²) < 4.78 is 6.25. The van der Waals surface area contributed by atoms with Crippen molar-refractivity contribution < 1.29 is 14.1 Å². The van der Waals surface area contributed by atoms with Crippen molar-refractivity contribution >= 4 is 34.0 Å². The van der Waals surface area contributed by atoms with Gasteiger partial charge in [-0.05, 0) is 30.0 Å². The lowest BCUT2D eigenvalue weighted by Crippen LogP contribution is -2.34. The van der Waals surface area contributed by atoms with Crippen molar-refractivity contribution in [3.05, 3.63) is 96.6 Å². The minimum atomic E-state index is -0.747. The zero-order valence-electron chi connectivity index (χ0n) is 15.9. The number of hydrogen-bond acceptors (Lipinski definition) is 6. The maximum absolute atomic E-state index is 12.8. The van der Waals surface area contributed by atoms with E-state index in [1.807, 2.05) is 48.7 Å². The van der Waals surface area contributed by atoms with E-state index in [1.165, 1.54) is 29.5 Å². The molecular weight excluding hydrogens is 406 g/mol. The lowest BCUT2D eigenvalue weighted by molar-refractivity contribution is -0.384. The SMILES string of the molecule is Cc1ccc(C(NC(=O)Cn2c(=O)oc3cc([N+](=O)[O-])ccc32)c2cccs2)cc1. The fraction of sp³-hybridized carbons (Fsp3) is 0.143. The predicted octanol–water partition coefficient (Wildman–Crippen LogP) is 3.78. The van der Waals surface area contributed by atoms with Gasteiger partial charge in [0.2, 0.25) is 5.91 Å². The highest BCUT2D eigenvalue weighted by atomic mass is 32.1. The summed E-state index contributed by atoms with van der Waals surface area (Å²) in [6.07, 6.45) is 0. The normalized spacial score (nSPS) is 12.0. The van der Waals surface area contributed by atoms with Gasteiger partial charge in [-0.2, -0.15) is 0 Å². The van der Waals surface area contributed by atoms with Crippen molar-refractivity contribution in [3.63, 3.8) is 0 Å². The Bertz CT molecular complexity index is 1270. The Morgan fingerprint density at radius 1 is 1.23 bits per heavy atom. The number of nitro benzene ring substituents is 1. The molecule has 0 aliphatic heterocycles. The van der Waals surface area contributed by atoms with Crippen LogP contribution in [0, 0.1) is 17.0 Å². The molecule has 9 heteroatoms. The fourth-order valence-electron chi connectivity index (χ4n) is 3.20. The van der Waals surface area contributed by atoms with Gasteiger partial charge in [-0.3, -0.25) is 19.5 Å². The molecule has 0 saturated carbocycles. The molecule has 152 valence electrons. The number of carbonyl (C=O) groups is 1. The third-order valence-corrected chi connectivity index (χ3v) is 5.65. The highest BCUT2D eigenvalue weighted by Gasteiger charge is 2.20. The highest BCUT2D eigenvalue weighted by Crippen LogP contribution is 2.26. The molecule has 1 unspecified atom stereocenters. The van der Waals surface area contributed by atoms with Crippen LogP contribution < -0.4 is 11.1 Å². The second kappa shape index (κ2) is 7.96. The maximum Gasteiger partial charge on any atom is 0.420 e. The van der Waals surface area contributed by atoms with Crippen LogP contribution >= 0.6 is 11.3 Å². The second-order valence-corrected chi connectivity index (χ2v) is 7.77. The third-order valence-electron chi connectivity index (χ3n) is 4.71. The van der Waals surface area contributed by atoms with Crippen LogP contribution in [0.5, 0.6) is 0 Å². The molecular formula is C21H17N3O5S. The Kier molecular flexibility index (Phi) is 5.20. The first-order valence-electron chi connectivity index (χ1n) is 9.09. The van der Waals surface area contributed by atoms with Crippen LogP contribution in [0.2, 0.25) is 0 Å². The van der Waals surface area contributed by atoms with Gasteiger partial charge in [-0.15, -0.1) is 11.3 Å². The highest BCUT2D eigenvalue weighted by molar-refractivity contribution is 7.10. The lowest BCUT2D eigenvalue weighted by Gasteiger charge is -2.18. The number of nitrogens with one attached hydrogen (secondary N) is 1. The van der Waals surface area contributed by atoms with E-state index in [2.05, 4.69) is 5.32 Å². The molecule has 1 N–H and O–H groups in total. The molecule has 0 aliphatic carbocycles. The number of aromatic nitrogens is 1. The van der Waals surface area contributed by atoms with E-state index < -0.39 is 10.7 Å². The number of nitrogens with zero attached hydrogens (tertiary/aromatic N) is 2. The summed E-state index contributed by atoms with van der Waals surface area (Å²) in [5, 5.41) is 15.8. The first-order valence-corrected chi connectivity index (χ1v) is 9.97. The van der Waals surface area contributed by atoms with Crippen molar-refractivity contribution in [1.82, 2.24) is 9.88 Å². The molecule has 0 radical (unpaired) electrons. The first kappa shape index (κ1) is 19.6. The van der Waals surface area contributed by atoms with Crippen molar-refractivity contribution in [2.24, 2.45) is 0 Å². The Balaban J connectivity index is 1.61. The van der Waals surface area contributed by atoms with E-state index in [9.17, 15) is 19.7 Å². The van der Waals surface area contributed by atoms with Gasteiger partial charge in [-0.1, -0.05) is 35.9 Å². The van der Waals surface area contributed by atoms with E-state index in [0.717, 1.165) is 20.6 Å². The number of rotatable bonds is 6. The standard InChI is InChI=1S/C21H17N3O5S/c1-13-4-6-14(7-5-13)20(18-3-2-10-30-18)22-19(25)12-23-16-9-8-15(24(27)28)11-17(16)29-21(23)26/h2-11,20H,12H2,1H3,(H,22,25). The molecule has 2 aromatic carbocycles. The summed E-state index contributed by atoms with van der Waals surface area (Å²) in [5.41, 5.74) is 2.24. The Labute approximate surface area is 174 Å². The van der Waals surface area contributed by atoms with Gasteiger partial charge in [-0.25, -0.2) is 4.79 Å². The quantitative estimate of drug-likeness (QED) is 0.375. The van der Waals surface area contributed by atoms with Gasteiger partial charge in [0, 0.05) is 10.9 Å². The zero-order chi connectivity index (χ0) is 21.3. The van der Waals surface area contributed by atoms with Gasteiger partial charge in [0.1, 0.15) is 6.54 Å². The van der Waals surface area contributed by atoms with E-state index in [4.69, 9.17) is 4.42 Å². The van der Waals surface area contributed by atoms with Gasteiger partial charge in [0.25, 0.3) is 5.69 Å². The summed E-state index contributed by atoms with van der Waals surface area (Å²) in [6.45, 7) is 1.72. The largest absolute Gasteiger partial charge is 0.420 e. The van der Waals surface area contributed by atoms with Crippen LogP contribution in [0.15, 0.2) is 69.2 Å². The molecule has 4 aromatic rings. The van der Waals surface area contributed by atoms with Gasteiger partial charge < -0.3 is 9.73 Å². The molecule has 0 spiro atoms. The molecule has 2 aromatic heterocycles. The van der Waals surface area contributed by atoms with Gasteiger partial charge in [0.05, 0.1) is 22.5 Å². The third kappa shape index (κ3) is 3.87. The lowest BCUT2D eigenvalue weighted by atomic mass is 10.0. The average Bonchev–Trinajstić information content (AvgIpc) is 3.35. The zero-order valence-corrected chi connectivity index (χ0v) is 16.7. The number of benzene rings is 2. The van der Waals surface area contributed by atoms with Crippen LogP contribution in [0.4, 0.5) is 5.69 Å². The predicted molar refractivity (Wildman–Crippen MR) is 113 cm³/mol. The number of amides is 1. The smallest absolute Gasteiger partial charge is 0.407 e. The number of aryl methyl sites for hydroxylation is 1. The van der Waals surface area contributed by atoms with Crippen LogP contribution in [-0.2, 0) is 11.3 Å². The van der Waals surface area contributed by atoms with E-state index in [1.54, 1.807) is 0 Å². The monoisotopic (exact) mass is 423 g/mol. The van der Waals surface area contributed by atoms with Crippen molar-refractivity contribution in [2.75, 3.05) is 0 Å². The topological polar surface area (TPSA) is 107 Å². The summed E-state index contributed by atoms with van der Waals surface area (Å²) in [4.78, 5) is 36.3. The Hall–Kier alpha value is -3.72. The van der Waals surface area contributed by atoms with E-state index in [0.29, 0.717) is 5.52 Å². The van der Waals surface area contributed by atoms with Gasteiger partial charge in [0.15, 0.2) is 5.58 Å². The Morgan fingerprint density at radius 3 is 2.67 bits per heavy atom. The van der Waals surface area contributed by atoms with Gasteiger partial charge >= 0.3 is 5.76 Å². The molecule has 0 aliphatic rings. The molecule has 0 saturated heterocycles.